The van der Waals surface area contributed by atoms with Crippen LogP contribution < -0.4 is 5.32 Å². The third-order valence-electron chi connectivity index (χ3n) is 2.69. The van der Waals surface area contributed by atoms with Crippen LogP contribution in [-0.2, 0) is 10.3 Å². The first kappa shape index (κ1) is 14.6. The van der Waals surface area contributed by atoms with Gasteiger partial charge in [0, 0.05) is 11.0 Å². The van der Waals surface area contributed by atoms with Gasteiger partial charge in [0.25, 0.3) is 0 Å². The zero-order valence-electron chi connectivity index (χ0n) is 11.4. The first-order valence-electron chi connectivity index (χ1n) is 5.83. The molecule has 0 saturated carbocycles. The Morgan fingerprint density at radius 1 is 1.06 bits per heavy atom. The topological polar surface area (TPSA) is 29.1 Å². The highest BCUT2D eigenvalue weighted by molar-refractivity contribution is 5.82. The Hall–Kier alpha value is -1.45. The molecule has 1 aromatic rings. The second kappa shape index (κ2) is 4.67. The molecule has 0 aliphatic heterocycles. The van der Waals surface area contributed by atoms with E-state index in [9.17, 15) is 13.6 Å². The van der Waals surface area contributed by atoms with Crippen LogP contribution in [0, 0.1) is 17.0 Å². The summed E-state index contributed by atoms with van der Waals surface area (Å²) in [5.41, 5.74) is -1.83. The van der Waals surface area contributed by atoms with Crippen LogP contribution in [0.1, 0.15) is 40.2 Å². The van der Waals surface area contributed by atoms with Crippen LogP contribution in [0.25, 0.3) is 0 Å². The molecule has 1 N–H and O–H groups in total. The van der Waals surface area contributed by atoms with Crippen LogP contribution >= 0.6 is 0 Å². The zero-order valence-corrected chi connectivity index (χ0v) is 11.4. The van der Waals surface area contributed by atoms with Gasteiger partial charge in [-0.2, -0.15) is 0 Å². The lowest BCUT2D eigenvalue weighted by molar-refractivity contribution is -0.130. The van der Waals surface area contributed by atoms with Gasteiger partial charge >= 0.3 is 0 Å². The normalized spacial score (nSPS) is 12.4. The average Bonchev–Trinajstić information content (AvgIpc) is 2.14. The van der Waals surface area contributed by atoms with E-state index < -0.39 is 22.6 Å². The molecule has 1 aromatic carbocycles. The Morgan fingerprint density at radius 3 is 1.89 bits per heavy atom. The molecule has 4 heteroatoms. The molecule has 0 spiro atoms. The predicted octanol–water partition coefficient (Wildman–Crippen LogP) is 3.36. The van der Waals surface area contributed by atoms with E-state index in [1.807, 2.05) is 0 Å². The molecule has 0 atom stereocenters. The lowest BCUT2D eigenvalue weighted by Gasteiger charge is -2.31. The van der Waals surface area contributed by atoms with Crippen molar-refractivity contribution in [2.45, 2.75) is 40.2 Å². The van der Waals surface area contributed by atoms with Crippen molar-refractivity contribution in [1.82, 2.24) is 5.32 Å². The Balaban J connectivity index is 3.11. The van der Waals surface area contributed by atoms with Gasteiger partial charge in [-0.05, 0) is 26.0 Å². The van der Waals surface area contributed by atoms with Crippen molar-refractivity contribution >= 4 is 5.91 Å². The third-order valence-corrected chi connectivity index (χ3v) is 2.69. The average molecular weight is 255 g/mol. The Morgan fingerprint density at radius 2 is 1.50 bits per heavy atom. The first-order chi connectivity index (χ1) is 8.05. The van der Waals surface area contributed by atoms with E-state index >= 15 is 0 Å². The maximum absolute atomic E-state index is 13.7. The summed E-state index contributed by atoms with van der Waals surface area (Å²) in [5, 5.41) is 2.68. The molecule has 1 amide bonds. The standard InChI is InChI=1S/C14H19F2NO/c1-13(2,3)12(18)17-14(4,5)11-9(15)7-6-8-10(11)16/h6-8H,1-5H3,(H,17,18). The minimum atomic E-state index is -1.10. The van der Waals surface area contributed by atoms with Crippen molar-refractivity contribution in [1.29, 1.82) is 0 Å². The van der Waals surface area contributed by atoms with Gasteiger partial charge in [-0.25, -0.2) is 8.78 Å². The van der Waals surface area contributed by atoms with E-state index in [1.54, 1.807) is 34.6 Å². The number of hydrogen-bond donors (Lipinski definition) is 1. The summed E-state index contributed by atoms with van der Waals surface area (Å²) >= 11 is 0. The molecule has 0 aliphatic rings. The van der Waals surface area contributed by atoms with E-state index in [4.69, 9.17) is 0 Å². The fourth-order valence-corrected chi connectivity index (χ4v) is 1.63. The molecular formula is C14H19F2NO. The molecule has 18 heavy (non-hydrogen) atoms. The summed E-state index contributed by atoms with van der Waals surface area (Å²) in [6, 6.07) is 3.67. The van der Waals surface area contributed by atoms with Gasteiger partial charge in [0.05, 0.1) is 5.54 Å². The lowest BCUT2D eigenvalue weighted by Crippen LogP contribution is -2.47. The smallest absolute Gasteiger partial charge is 0.226 e. The van der Waals surface area contributed by atoms with Crippen LogP contribution in [0.4, 0.5) is 8.78 Å². The largest absolute Gasteiger partial charge is 0.346 e. The summed E-state index contributed by atoms with van der Waals surface area (Å²) in [6.07, 6.45) is 0. The third kappa shape index (κ3) is 3.06. The first-order valence-corrected chi connectivity index (χ1v) is 5.83. The molecular weight excluding hydrogens is 236 g/mol. The van der Waals surface area contributed by atoms with Crippen LogP contribution in [0.2, 0.25) is 0 Å². The van der Waals surface area contributed by atoms with Crippen molar-refractivity contribution in [3.8, 4) is 0 Å². The minimum absolute atomic E-state index is 0.123. The SMILES string of the molecule is CC(C)(C)C(=O)NC(C)(C)c1c(F)cccc1F. The summed E-state index contributed by atoms with van der Waals surface area (Å²) in [6.45, 7) is 8.40. The number of halogens is 2. The number of nitrogens with one attached hydrogen (secondary N) is 1. The zero-order chi connectivity index (χ0) is 14.1. The highest BCUT2D eigenvalue weighted by Crippen LogP contribution is 2.27. The quantitative estimate of drug-likeness (QED) is 0.862. The van der Waals surface area contributed by atoms with Crippen LogP contribution in [-0.4, -0.2) is 5.91 Å². The fraction of sp³-hybridized carbons (Fsp3) is 0.500. The predicted molar refractivity (Wildman–Crippen MR) is 67.0 cm³/mol. The van der Waals surface area contributed by atoms with Gasteiger partial charge in [-0.3, -0.25) is 4.79 Å². The Kier molecular flexibility index (Phi) is 3.79. The van der Waals surface area contributed by atoms with Gasteiger partial charge in [-0.15, -0.1) is 0 Å². The molecule has 0 aliphatic carbocycles. The summed E-state index contributed by atoms with van der Waals surface area (Å²) in [5.74, 6) is -1.57. The molecule has 0 unspecified atom stereocenters. The van der Waals surface area contributed by atoms with E-state index in [-0.39, 0.29) is 11.5 Å². The van der Waals surface area contributed by atoms with Gasteiger partial charge in [0.2, 0.25) is 5.91 Å². The maximum atomic E-state index is 13.7. The van der Waals surface area contributed by atoms with E-state index in [2.05, 4.69) is 5.32 Å². The highest BCUT2D eigenvalue weighted by atomic mass is 19.1. The molecule has 100 valence electrons. The van der Waals surface area contributed by atoms with Crippen molar-refractivity contribution in [2.24, 2.45) is 5.41 Å². The summed E-state index contributed by atoms with van der Waals surface area (Å²) in [4.78, 5) is 11.9. The molecule has 0 saturated heterocycles. The van der Waals surface area contributed by atoms with E-state index in [0.29, 0.717) is 0 Å². The summed E-state index contributed by atoms with van der Waals surface area (Å²) in [7, 11) is 0. The van der Waals surface area contributed by atoms with Gasteiger partial charge in [0.15, 0.2) is 0 Å². The van der Waals surface area contributed by atoms with Crippen molar-refractivity contribution in [3.63, 3.8) is 0 Å². The van der Waals surface area contributed by atoms with Crippen molar-refractivity contribution < 1.29 is 13.6 Å². The summed E-state index contributed by atoms with van der Waals surface area (Å²) < 4.78 is 27.4. The maximum Gasteiger partial charge on any atom is 0.226 e. The second-order valence-electron chi connectivity index (χ2n) is 5.93. The van der Waals surface area contributed by atoms with E-state index in [0.717, 1.165) is 0 Å². The molecule has 0 aromatic heterocycles. The highest BCUT2D eigenvalue weighted by Gasteiger charge is 2.33. The number of carbonyl (C=O) groups is 1. The van der Waals surface area contributed by atoms with Crippen LogP contribution in [0.3, 0.4) is 0 Å². The van der Waals surface area contributed by atoms with Crippen molar-refractivity contribution in [2.75, 3.05) is 0 Å². The Labute approximate surface area is 106 Å². The van der Waals surface area contributed by atoms with Gasteiger partial charge in [0.1, 0.15) is 11.6 Å². The lowest BCUT2D eigenvalue weighted by atomic mass is 9.89. The Bertz CT molecular complexity index is 441. The molecule has 0 heterocycles. The molecule has 2 nitrogen and oxygen atoms in total. The van der Waals surface area contributed by atoms with Crippen LogP contribution in [0.15, 0.2) is 18.2 Å². The van der Waals surface area contributed by atoms with Crippen molar-refractivity contribution in [3.05, 3.63) is 35.4 Å². The number of rotatable bonds is 2. The number of hydrogen-bond acceptors (Lipinski definition) is 1. The molecule has 0 radical (unpaired) electrons. The number of carbonyl (C=O) groups excluding carboxylic acids is 1. The molecule has 1 rings (SSSR count). The molecule has 0 fully saturated rings. The number of amides is 1. The fourth-order valence-electron chi connectivity index (χ4n) is 1.63. The minimum Gasteiger partial charge on any atom is -0.346 e. The van der Waals surface area contributed by atoms with Crippen LogP contribution in [0.5, 0.6) is 0 Å². The van der Waals surface area contributed by atoms with E-state index in [1.165, 1.54) is 18.2 Å². The van der Waals surface area contributed by atoms with Gasteiger partial charge < -0.3 is 5.32 Å². The second-order valence-corrected chi connectivity index (χ2v) is 5.93. The molecule has 0 bridgehead atoms. The monoisotopic (exact) mass is 255 g/mol. The van der Waals surface area contributed by atoms with Gasteiger partial charge in [-0.1, -0.05) is 26.8 Å². The number of benzene rings is 1.